The van der Waals surface area contributed by atoms with Crippen molar-refractivity contribution in [1.82, 2.24) is 9.88 Å². The van der Waals surface area contributed by atoms with Gasteiger partial charge in [-0.25, -0.2) is 4.98 Å². The van der Waals surface area contributed by atoms with Gasteiger partial charge >= 0.3 is 0 Å². The van der Waals surface area contributed by atoms with Crippen LogP contribution in [0.3, 0.4) is 0 Å². The monoisotopic (exact) mass is 364 g/mol. The number of carbonyl (C=O) groups excluding carboxylic acids is 3. The Kier molecular flexibility index (Phi) is 4.31. The number of hydrogen-bond acceptors (Lipinski definition) is 8. The van der Waals surface area contributed by atoms with E-state index in [1.54, 1.807) is 0 Å². The van der Waals surface area contributed by atoms with E-state index in [1.807, 2.05) is 0 Å². The predicted octanol–water partition coefficient (Wildman–Crippen LogP) is 1.30. The van der Waals surface area contributed by atoms with Crippen molar-refractivity contribution in [3.05, 3.63) is 22.2 Å². The number of benzene rings is 1. The van der Waals surface area contributed by atoms with Gasteiger partial charge in [-0.1, -0.05) is 11.3 Å². The van der Waals surface area contributed by atoms with Crippen LogP contribution >= 0.6 is 11.3 Å². The van der Waals surface area contributed by atoms with Crippen LogP contribution in [-0.4, -0.2) is 46.2 Å². The zero-order valence-electron chi connectivity index (χ0n) is 13.0. The van der Waals surface area contributed by atoms with Crippen molar-refractivity contribution < 1.29 is 24.0 Å². The fourth-order valence-corrected chi connectivity index (χ4v) is 3.33. The summed E-state index contributed by atoms with van der Waals surface area (Å²) < 4.78 is 5.57. The van der Waals surface area contributed by atoms with Crippen molar-refractivity contribution in [3.63, 3.8) is 0 Å². The quantitative estimate of drug-likeness (QED) is 0.480. The number of nitro benzene ring substituents is 1. The molecular formula is C14H12N4O6S. The van der Waals surface area contributed by atoms with E-state index in [0.717, 1.165) is 16.2 Å². The molecule has 1 aliphatic rings. The molecule has 1 N–H and O–H groups in total. The summed E-state index contributed by atoms with van der Waals surface area (Å²) in [6, 6.07) is 2.58. The minimum absolute atomic E-state index is 0.105. The first kappa shape index (κ1) is 16.8. The third kappa shape index (κ3) is 3.26. The summed E-state index contributed by atoms with van der Waals surface area (Å²) in [6.45, 7) is -0.384. The highest BCUT2D eigenvalue weighted by Gasteiger charge is 2.30. The van der Waals surface area contributed by atoms with Crippen LogP contribution in [0.1, 0.15) is 12.8 Å². The Morgan fingerprint density at radius 1 is 1.40 bits per heavy atom. The number of ether oxygens (including phenoxy) is 1. The largest absolute Gasteiger partial charge is 0.494 e. The van der Waals surface area contributed by atoms with E-state index in [9.17, 15) is 24.5 Å². The zero-order chi connectivity index (χ0) is 18.1. The Hall–Kier alpha value is -3.08. The molecule has 0 bridgehead atoms. The van der Waals surface area contributed by atoms with Gasteiger partial charge in [-0.15, -0.1) is 0 Å². The molecule has 2 aromatic rings. The van der Waals surface area contributed by atoms with E-state index in [1.165, 1.54) is 19.2 Å². The molecule has 1 fully saturated rings. The molecule has 3 amide bonds. The number of hydrogen-bond donors (Lipinski definition) is 1. The summed E-state index contributed by atoms with van der Waals surface area (Å²) in [5, 5.41) is 13.6. The van der Waals surface area contributed by atoms with Gasteiger partial charge in [0.05, 0.1) is 22.8 Å². The smallest absolute Gasteiger partial charge is 0.274 e. The molecule has 10 nitrogen and oxygen atoms in total. The van der Waals surface area contributed by atoms with Gasteiger partial charge in [-0.3, -0.25) is 29.4 Å². The zero-order valence-corrected chi connectivity index (χ0v) is 13.8. The maximum atomic E-state index is 12.0. The van der Waals surface area contributed by atoms with E-state index in [-0.39, 0.29) is 47.8 Å². The second-order valence-corrected chi connectivity index (χ2v) is 6.22. The third-order valence-electron chi connectivity index (χ3n) is 3.58. The SMILES string of the molecule is COc1cc([N+](=O)[O-])cc2sc(NC(=O)CN3C(=O)CCC3=O)nc12. The van der Waals surface area contributed by atoms with Gasteiger partial charge in [0.2, 0.25) is 17.7 Å². The van der Waals surface area contributed by atoms with Crippen LogP contribution in [0.4, 0.5) is 10.8 Å². The number of nitrogens with zero attached hydrogens (tertiary/aromatic N) is 3. The second-order valence-electron chi connectivity index (χ2n) is 5.19. The lowest BCUT2D eigenvalue weighted by Crippen LogP contribution is -2.36. The first-order chi connectivity index (χ1) is 11.9. The standard InChI is InChI=1S/C14H12N4O6S/c1-24-8-4-7(18(22)23)5-9-13(8)16-14(25-9)15-10(19)6-17-11(20)2-3-12(17)21/h4-5H,2-3,6H2,1H3,(H,15,16,19). The van der Waals surface area contributed by atoms with Crippen molar-refractivity contribution >= 4 is 50.1 Å². The molecule has 1 aliphatic heterocycles. The summed E-state index contributed by atoms with van der Waals surface area (Å²) in [6.07, 6.45) is 0.211. The van der Waals surface area contributed by atoms with E-state index >= 15 is 0 Å². The Bertz CT molecular complexity index is 892. The first-order valence-corrected chi connectivity index (χ1v) is 7.96. The molecule has 1 aromatic heterocycles. The molecule has 0 saturated carbocycles. The molecule has 0 aliphatic carbocycles. The van der Waals surface area contributed by atoms with Crippen LogP contribution < -0.4 is 10.1 Å². The number of nitro groups is 1. The normalized spacial score (nSPS) is 14.2. The Morgan fingerprint density at radius 2 is 2.08 bits per heavy atom. The van der Waals surface area contributed by atoms with Crippen molar-refractivity contribution in [3.8, 4) is 5.75 Å². The van der Waals surface area contributed by atoms with Gasteiger partial charge in [-0.2, -0.15) is 0 Å². The number of amides is 3. The summed E-state index contributed by atoms with van der Waals surface area (Å²) in [5.41, 5.74) is 0.223. The van der Waals surface area contributed by atoms with E-state index in [2.05, 4.69) is 10.3 Å². The van der Waals surface area contributed by atoms with Crippen LogP contribution in [0.15, 0.2) is 12.1 Å². The molecule has 1 aromatic carbocycles. The Morgan fingerprint density at radius 3 is 2.68 bits per heavy atom. The average Bonchev–Trinajstić information content (AvgIpc) is 3.11. The Labute approximate surface area is 144 Å². The lowest BCUT2D eigenvalue weighted by atomic mass is 10.3. The lowest BCUT2D eigenvalue weighted by molar-refractivity contribution is -0.384. The van der Waals surface area contributed by atoms with Gasteiger partial charge in [-0.05, 0) is 0 Å². The highest BCUT2D eigenvalue weighted by molar-refractivity contribution is 7.22. The van der Waals surface area contributed by atoms with Crippen LogP contribution in [0.2, 0.25) is 0 Å². The molecule has 1 saturated heterocycles. The van der Waals surface area contributed by atoms with Gasteiger partial charge < -0.3 is 10.1 Å². The Balaban J connectivity index is 1.82. The number of thiazole rings is 1. The molecule has 0 atom stereocenters. The first-order valence-electron chi connectivity index (χ1n) is 7.15. The molecule has 130 valence electrons. The molecule has 0 unspecified atom stereocenters. The van der Waals surface area contributed by atoms with Crippen LogP contribution in [0.25, 0.3) is 10.2 Å². The van der Waals surface area contributed by atoms with Crippen LogP contribution in [-0.2, 0) is 14.4 Å². The van der Waals surface area contributed by atoms with Crippen molar-refractivity contribution in [2.45, 2.75) is 12.8 Å². The van der Waals surface area contributed by atoms with Gasteiger partial charge in [0, 0.05) is 18.9 Å². The van der Waals surface area contributed by atoms with Crippen LogP contribution in [0, 0.1) is 10.1 Å². The molecule has 25 heavy (non-hydrogen) atoms. The minimum atomic E-state index is -0.573. The predicted molar refractivity (Wildman–Crippen MR) is 87.4 cm³/mol. The molecule has 11 heteroatoms. The number of nitrogens with one attached hydrogen (secondary N) is 1. The molecule has 3 rings (SSSR count). The number of non-ortho nitro benzene ring substituents is 1. The number of methoxy groups -OCH3 is 1. The summed E-state index contributed by atoms with van der Waals surface area (Å²) >= 11 is 1.03. The lowest BCUT2D eigenvalue weighted by Gasteiger charge is -2.12. The van der Waals surface area contributed by atoms with E-state index < -0.39 is 10.8 Å². The summed E-state index contributed by atoms with van der Waals surface area (Å²) in [4.78, 5) is 50.6. The topological polar surface area (TPSA) is 132 Å². The number of aromatic nitrogens is 1. The maximum Gasteiger partial charge on any atom is 0.274 e. The summed E-state index contributed by atoms with van der Waals surface area (Å²) in [7, 11) is 1.36. The molecule has 2 heterocycles. The highest BCUT2D eigenvalue weighted by Crippen LogP contribution is 2.36. The average molecular weight is 364 g/mol. The van der Waals surface area contributed by atoms with Crippen molar-refractivity contribution in [2.24, 2.45) is 0 Å². The number of rotatable bonds is 5. The summed E-state index contributed by atoms with van der Waals surface area (Å²) in [5.74, 6) is -1.13. The number of anilines is 1. The maximum absolute atomic E-state index is 12.0. The second kappa shape index (κ2) is 6.43. The fourth-order valence-electron chi connectivity index (χ4n) is 2.40. The molecular weight excluding hydrogens is 352 g/mol. The fraction of sp³-hybridized carbons (Fsp3) is 0.286. The van der Waals surface area contributed by atoms with Gasteiger partial charge in [0.25, 0.3) is 5.69 Å². The highest BCUT2D eigenvalue weighted by atomic mass is 32.1. The third-order valence-corrected chi connectivity index (χ3v) is 4.50. The van der Waals surface area contributed by atoms with Crippen molar-refractivity contribution in [2.75, 3.05) is 19.0 Å². The number of fused-ring (bicyclic) bond motifs is 1. The van der Waals surface area contributed by atoms with Crippen LogP contribution in [0.5, 0.6) is 5.75 Å². The van der Waals surface area contributed by atoms with E-state index in [4.69, 9.17) is 4.74 Å². The minimum Gasteiger partial charge on any atom is -0.494 e. The number of carbonyl (C=O) groups is 3. The van der Waals surface area contributed by atoms with Gasteiger partial charge in [0.15, 0.2) is 10.9 Å². The number of imide groups is 1. The number of likely N-dealkylation sites (tertiary alicyclic amines) is 1. The molecule has 0 radical (unpaired) electrons. The van der Waals surface area contributed by atoms with E-state index in [0.29, 0.717) is 10.2 Å². The molecule has 0 spiro atoms. The van der Waals surface area contributed by atoms with Gasteiger partial charge in [0.1, 0.15) is 12.1 Å². The van der Waals surface area contributed by atoms with Crippen molar-refractivity contribution in [1.29, 1.82) is 0 Å².